The van der Waals surface area contributed by atoms with Crippen molar-refractivity contribution in [3.63, 3.8) is 0 Å². The van der Waals surface area contributed by atoms with E-state index in [4.69, 9.17) is 5.11 Å². The van der Waals surface area contributed by atoms with Crippen LogP contribution in [0.4, 0.5) is 0 Å². The second-order valence-corrected chi connectivity index (χ2v) is 7.79. The number of amides is 2. The van der Waals surface area contributed by atoms with E-state index in [2.05, 4.69) is 9.97 Å². The van der Waals surface area contributed by atoms with Crippen molar-refractivity contribution in [2.75, 3.05) is 21.1 Å². The fourth-order valence-corrected chi connectivity index (χ4v) is 3.49. The zero-order valence-corrected chi connectivity index (χ0v) is 17.8. The van der Waals surface area contributed by atoms with E-state index in [1.165, 1.54) is 4.90 Å². The number of hydrogen-bond acceptors (Lipinski definition) is 4. The summed E-state index contributed by atoms with van der Waals surface area (Å²) in [5, 5.41) is 9.11. The number of nitrogens with one attached hydrogen (secondary N) is 1. The van der Waals surface area contributed by atoms with E-state index in [0.29, 0.717) is 24.4 Å². The van der Waals surface area contributed by atoms with Crippen LogP contribution in [0.1, 0.15) is 28.2 Å². The number of fused-ring (bicyclic) bond motifs is 1. The number of rotatable bonds is 8. The van der Waals surface area contributed by atoms with Gasteiger partial charge in [-0.15, -0.1) is 0 Å². The van der Waals surface area contributed by atoms with Crippen LogP contribution in [0.3, 0.4) is 0 Å². The van der Waals surface area contributed by atoms with Crippen molar-refractivity contribution in [2.45, 2.75) is 19.4 Å². The molecule has 0 aliphatic rings. The number of H-pyrrole nitrogens is 1. The second-order valence-electron chi connectivity index (χ2n) is 7.79. The maximum atomic E-state index is 12.8. The first-order chi connectivity index (χ1) is 14.7. The van der Waals surface area contributed by atoms with E-state index >= 15 is 0 Å². The zero-order chi connectivity index (χ0) is 22.5. The maximum absolute atomic E-state index is 12.8. The van der Waals surface area contributed by atoms with Crippen molar-refractivity contribution in [3.05, 3.63) is 65.5 Å². The number of aromatic amines is 1. The van der Waals surface area contributed by atoms with E-state index in [0.717, 1.165) is 16.6 Å². The van der Waals surface area contributed by atoms with Gasteiger partial charge >= 0.3 is 5.97 Å². The van der Waals surface area contributed by atoms with Gasteiger partial charge in [0.05, 0.1) is 29.9 Å². The quantitative estimate of drug-likeness (QED) is 0.580. The molecule has 2 aromatic carbocycles. The van der Waals surface area contributed by atoms with Crippen LogP contribution in [-0.4, -0.2) is 63.8 Å². The lowest BCUT2D eigenvalue weighted by molar-refractivity contribution is -0.143. The number of hydrogen-bond donors (Lipinski definition) is 2. The number of para-hydroxylation sites is 2. The highest BCUT2D eigenvalue weighted by atomic mass is 16.4. The molecule has 0 saturated carbocycles. The Morgan fingerprint density at radius 1 is 1.03 bits per heavy atom. The molecule has 2 amide bonds. The Hall–Kier alpha value is -3.68. The highest BCUT2D eigenvalue weighted by molar-refractivity contribution is 5.94. The molecule has 0 bridgehead atoms. The largest absolute Gasteiger partial charge is 0.481 e. The summed E-state index contributed by atoms with van der Waals surface area (Å²) in [7, 11) is 4.93. The van der Waals surface area contributed by atoms with E-state index < -0.39 is 11.9 Å². The van der Waals surface area contributed by atoms with Crippen LogP contribution in [-0.2, 0) is 22.6 Å². The van der Waals surface area contributed by atoms with Crippen LogP contribution in [0.15, 0.2) is 48.5 Å². The van der Waals surface area contributed by atoms with Gasteiger partial charge in [0.2, 0.25) is 5.91 Å². The summed E-state index contributed by atoms with van der Waals surface area (Å²) in [6.45, 7) is 0.341. The van der Waals surface area contributed by atoms with Crippen LogP contribution in [0, 0.1) is 5.92 Å². The number of aromatic nitrogens is 2. The van der Waals surface area contributed by atoms with Gasteiger partial charge in [-0.25, -0.2) is 4.98 Å². The van der Waals surface area contributed by atoms with Crippen molar-refractivity contribution >= 4 is 28.8 Å². The molecule has 0 saturated heterocycles. The fourth-order valence-electron chi connectivity index (χ4n) is 3.49. The first kappa shape index (κ1) is 22.0. The SMILES string of the molecule is CN(C)C(=O)C(CC(=O)O)Cc1ccc(C(=O)N(C)Cc2nc3ccccc3[nH]2)cc1. The third-order valence-electron chi connectivity index (χ3n) is 5.07. The minimum absolute atomic E-state index is 0.154. The molecule has 1 unspecified atom stereocenters. The lowest BCUT2D eigenvalue weighted by atomic mass is 9.94. The fraction of sp³-hybridized carbons (Fsp3) is 0.304. The molecule has 8 heteroatoms. The highest BCUT2D eigenvalue weighted by Crippen LogP contribution is 2.17. The van der Waals surface area contributed by atoms with Crippen LogP contribution in [0.2, 0.25) is 0 Å². The van der Waals surface area contributed by atoms with Gasteiger partial charge in [0.15, 0.2) is 0 Å². The van der Waals surface area contributed by atoms with Gasteiger partial charge in [0.1, 0.15) is 5.82 Å². The van der Waals surface area contributed by atoms with E-state index in [9.17, 15) is 14.4 Å². The first-order valence-corrected chi connectivity index (χ1v) is 9.95. The van der Waals surface area contributed by atoms with Gasteiger partial charge in [-0.05, 0) is 36.2 Å². The number of nitrogens with zero attached hydrogens (tertiary/aromatic N) is 3. The third-order valence-corrected chi connectivity index (χ3v) is 5.07. The first-order valence-electron chi connectivity index (χ1n) is 9.95. The average Bonchev–Trinajstić information content (AvgIpc) is 3.14. The van der Waals surface area contributed by atoms with Gasteiger partial charge in [-0.1, -0.05) is 24.3 Å². The number of carbonyl (C=O) groups is 3. The van der Waals surface area contributed by atoms with Crippen LogP contribution >= 0.6 is 0 Å². The normalized spacial score (nSPS) is 11.8. The zero-order valence-electron chi connectivity index (χ0n) is 17.8. The van der Waals surface area contributed by atoms with E-state index in [-0.39, 0.29) is 18.2 Å². The number of carboxylic acid groups (broad SMARTS) is 1. The Kier molecular flexibility index (Phi) is 6.69. The number of benzene rings is 2. The number of carboxylic acids is 1. The number of carbonyl (C=O) groups excluding carboxylic acids is 2. The Bertz CT molecular complexity index is 1060. The molecule has 3 aromatic rings. The van der Waals surface area contributed by atoms with Crippen molar-refractivity contribution < 1.29 is 19.5 Å². The molecule has 8 nitrogen and oxygen atoms in total. The molecule has 3 rings (SSSR count). The predicted molar refractivity (Wildman–Crippen MR) is 116 cm³/mol. The summed E-state index contributed by atoms with van der Waals surface area (Å²) in [5.41, 5.74) is 3.09. The molecule has 0 aliphatic carbocycles. The summed E-state index contributed by atoms with van der Waals surface area (Å²) >= 11 is 0. The van der Waals surface area contributed by atoms with Gasteiger partial charge in [0, 0.05) is 26.7 Å². The minimum atomic E-state index is -1.01. The summed E-state index contributed by atoms with van der Waals surface area (Å²) in [4.78, 5) is 46.9. The Balaban J connectivity index is 1.67. The molecule has 1 heterocycles. The summed E-state index contributed by atoms with van der Waals surface area (Å²) < 4.78 is 0. The molecule has 1 atom stereocenters. The monoisotopic (exact) mass is 422 g/mol. The lowest BCUT2D eigenvalue weighted by Gasteiger charge is -2.19. The van der Waals surface area contributed by atoms with Crippen LogP contribution in [0.5, 0.6) is 0 Å². The van der Waals surface area contributed by atoms with Gasteiger partial charge < -0.3 is 19.9 Å². The molecule has 0 fully saturated rings. The molecule has 0 spiro atoms. The standard InChI is InChI=1S/C23H26N4O4/c1-26(2)22(30)17(13-21(28)29)12-15-8-10-16(11-9-15)23(31)27(3)14-20-24-18-6-4-5-7-19(18)25-20/h4-11,17H,12-14H2,1-3H3,(H,24,25)(H,28,29). The Morgan fingerprint density at radius 3 is 2.32 bits per heavy atom. The minimum Gasteiger partial charge on any atom is -0.481 e. The van der Waals surface area contributed by atoms with Crippen molar-refractivity contribution in [1.29, 1.82) is 0 Å². The predicted octanol–water partition coefficient (Wildman–Crippen LogP) is 2.56. The van der Waals surface area contributed by atoms with Crippen molar-refractivity contribution in [1.82, 2.24) is 19.8 Å². The highest BCUT2D eigenvalue weighted by Gasteiger charge is 2.24. The van der Waals surface area contributed by atoms with Crippen LogP contribution < -0.4 is 0 Å². The van der Waals surface area contributed by atoms with Crippen LogP contribution in [0.25, 0.3) is 11.0 Å². The molecular weight excluding hydrogens is 396 g/mol. The lowest BCUT2D eigenvalue weighted by Crippen LogP contribution is -2.32. The third kappa shape index (κ3) is 5.48. The second kappa shape index (κ2) is 9.42. The van der Waals surface area contributed by atoms with Gasteiger partial charge in [0.25, 0.3) is 5.91 Å². The molecule has 0 radical (unpaired) electrons. The number of aliphatic carboxylic acids is 1. The maximum Gasteiger partial charge on any atom is 0.304 e. The van der Waals surface area contributed by atoms with E-state index in [1.807, 2.05) is 24.3 Å². The molecule has 0 aliphatic heterocycles. The summed E-state index contributed by atoms with van der Waals surface area (Å²) in [6, 6.07) is 14.6. The molecule has 1 aromatic heterocycles. The van der Waals surface area contributed by atoms with Gasteiger partial charge in [-0.2, -0.15) is 0 Å². The molecule has 162 valence electrons. The molecule has 2 N–H and O–H groups in total. The van der Waals surface area contributed by atoms with Gasteiger partial charge in [-0.3, -0.25) is 14.4 Å². The van der Waals surface area contributed by atoms with Crippen molar-refractivity contribution in [2.24, 2.45) is 5.92 Å². The Labute approximate surface area is 180 Å². The summed E-state index contributed by atoms with van der Waals surface area (Å²) in [6.07, 6.45) is 0.0601. The molecule has 31 heavy (non-hydrogen) atoms. The Morgan fingerprint density at radius 2 is 1.71 bits per heavy atom. The molecular formula is C23H26N4O4. The topological polar surface area (TPSA) is 107 Å². The summed E-state index contributed by atoms with van der Waals surface area (Å²) in [5.74, 6) is -1.34. The van der Waals surface area contributed by atoms with Crippen molar-refractivity contribution in [3.8, 4) is 0 Å². The van der Waals surface area contributed by atoms with E-state index in [1.54, 1.807) is 50.3 Å². The number of imidazole rings is 1. The average molecular weight is 422 g/mol. The smallest absolute Gasteiger partial charge is 0.304 e.